The number of hydrogen-bond donors (Lipinski definition) is 1. The minimum atomic E-state index is -0.0554. The van der Waals surface area contributed by atoms with Crippen LogP contribution in [0.15, 0.2) is 18.2 Å². The van der Waals surface area contributed by atoms with E-state index in [0.717, 1.165) is 30.8 Å². The molecule has 0 saturated heterocycles. The molecule has 0 heterocycles. The second-order valence-electron chi connectivity index (χ2n) is 5.28. The molecule has 0 radical (unpaired) electrons. The van der Waals surface area contributed by atoms with E-state index in [9.17, 15) is 0 Å². The molecular weight excluding hydrogens is 226 g/mol. The molecule has 0 amide bonds. The minimum absolute atomic E-state index is 0.0554. The Morgan fingerprint density at radius 1 is 1.11 bits per heavy atom. The molecule has 0 bridgehead atoms. The Labute approximate surface area is 109 Å². The van der Waals surface area contributed by atoms with Gasteiger partial charge in [-0.2, -0.15) is 0 Å². The second-order valence-corrected chi connectivity index (χ2v) is 5.28. The fourth-order valence-electron chi connectivity index (χ4n) is 2.81. The van der Waals surface area contributed by atoms with Gasteiger partial charge in [0.2, 0.25) is 0 Å². The van der Waals surface area contributed by atoms with Gasteiger partial charge in [0.25, 0.3) is 0 Å². The maximum absolute atomic E-state index is 6.50. The van der Waals surface area contributed by atoms with Gasteiger partial charge in [0.05, 0.1) is 14.2 Å². The normalized spacial score (nSPS) is 18.4. The van der Waals surface area contributed by atoms with Crippen LogP contribution in [0.25, 0.3) is 0 Å². The Morgan fingerprint density at radius 3 is 2.44 bits per heavy atom. The van der Waals surface area contributed by atoms with Crippen molar-refractivity contribution >= 4 is 0 Å². The van der Waals surface area contributed by atoms with Gasteiger partial charge in [0.1, 0.15) is 11.5 Å². The van der Waals surface area contributed by atoms with E-state index in [0.29, 0.717) is 0 Å². The number of rotatable bonds is 4. The predicted octanol–water partition coefficient (Wildman–Crippen LogP) is 2.91. The maximum atomic E-state index is 6.50. The van der Waals surface area contributed by atoms with Gasteiger partial charge in [0.15, 0.2) is 0 Å². The molecule has 1 aliphatic carbocycles. The summed E-state index contributed by atoms with van der Waals surface area (Å²) in [7, 11) is 3.36. The van der Waals surface area contributed by atoms with Crippen LogP contribution >= 0.6 is 0 Å². The van der Waals surface area contributed by atoms with Crippen LogP contribution in [-0.2, 0) is 6.42 Å². The third kappa shape index (κ3) is 2.96. The quantitative estimate of drug-likeness (QED) is 0.892. The van der Waals surface area contributed by atoms with Crippen LogP contribution in [0.5, 0.6) is 11.5 Å². The van der Waals surface area contributed by atoms with E-state index in [1.807, 2.05) is 12.1 Å². The summed E-state index contributed by atoms with van der Waals surface area (Å²) in [6.45, 7) is 0. The summed E-state index contributed by atoms with van der Waals surface area (Å²) >= 11 is 0. The van der Waals surface area contributed by atoms with E-state index < -0.39 is 0 Å². The molecule has 100 valence electrons. The fourth-order valence-corrected chi connectivity index (χ4v) is 2.81. The highest BCUT2D eigenvalue weighted by Crippen LogP contribution is 2.33. The summed E-state index contributed by atoms with van der Waals surface area (Å²) in [5.41, 5.74) is 7.63. The first-order valence-electron chi connectivity index (χ1n) is 6.67. The lowest BCUT2D eigenvalue weighted by atomic mass is 9.78. The van der Waals surface area contributed by atoms with E-state index in [-0.39, 0.29) is 5.54 Å². The lowest BCUT2D eigenvalue weighted by Crippen LogP contribution is -2.43. The predicted molar refractivity (Wildman–Crippen MR) is 73.3 cm³/mol. The highest BCUT2D eigenvalue weighted by molar-refractivity contribution is 5.41. The van der Waals surface area contributed by atoms with Crippen molar-refractivity contribution in [2.75, 3.05) is 14.2 Å². The molecule has 1 aromatic rings. The molecule has 0 atom stereocenters. The van der Waals surface area contributed by atoms with Crippen molar-refractivity contribution in [2.24, 2.45) is 5.73 Å². The second kappa shape index (κ2) is 5.61. The fraction of sp³-hybridized carbons (Fsp3) is 0.600. The molecule has 3 nitrogen and oxygen atoms in total. The number of benzene rings is 1. The van der Waals surface area contributed by atoms with Gasteiger partial charge in [-0.1, -0.05) is 25.3 Å². The summed E-state index contributed by atoms with van der Waals surface area (Å²) in [4.78, 5) is 0. The zero-order valence-corrected chi connectivity index (χ0v) is 11.4. The average Bonchev–Trinajstić information content (AvgIpc) is 2.39. The summed E-state index contributed by atoms with van der Waals surface area (Å²) in [5, 5.41) is 0. The molecule has 2 rings (SSSR count). The molecule has 1 aliphatic rings. The third-order valence-corrected chi connectivity index (χ3v) is 3.89. The molecule has 0 aromatic heterocycles. The molecule has 0 unspecified atom stereocenters. The van der Waals surface area contributed by atoms with E-state index in [4.69, 9.17) is 15.2 Å². The maximum Gasteiger partial charge on any atom is 0.125 e. The molecule has 1 saturated carbocycles. The Hall–Kier alpha value is -1.22. The van der Waals surface area contributed by atoms with Crippen molar-refractivity contribution in [3.63, 3.8) is 0 Å². The minimum Gasteiger partial charge on any atom is -0.497 e. The highest BCUT2D eigenvalue weighted by atomic mass is 16.5. The van der Waals surface area contributed by atoms with E-state index in [1.165, 1.54) is 24.8 Å². The molecule has 18 heavy (non-hydrogen) atoms. The number of hydrogen-bond acceptors (Lipinski definition) is 3. The zero-order valence-electron chi connectivity index (χ0n) is 11.4. The van der Waals surface area contributed by atoms with Gasteiger partial charge >= 0.3 is 0 Å². The topological polar surface area (TPSA) is 44.5 Å². The summed E-state index contributed by atoms with van der Waals surface area (Å²) < 4.78 is 10.7. The molecule has 1 aromatic carbocycles. The number of nitrogens with two attached hydrogens (primary N) is 1. The standard InChI is InChI=1S/C15H23NO2/c1-17-13-7-6-12(14(10-13)18-2)11-15(16)8-4-3-5-9-15/h6-7,10H,3-5,8-9,11,16H2,1-2H3. The summed E-state index contributed by atoms with van der Waals surface area (Å²) in [6, 6.07) is 5.98. The van der Waals surface area contributed by atoms with Crippen LogP contribution in [0.1, 0.15) is 37.7 Å². The SMILES string of the molecule is COc1ccc(CC2(N)CCCCC2)c(OC)c1. The molecule has 2 N–H and O–H groups in total. The Kier molecular flexibility index (Phi) is 4.12. The molecule has 0 spiro atoms. The van der Waals surface area contributed by atoms with E-state index in [1.54, 1.807) is 14.2 Å². The Morgan fingerprint density at radius 2 is 1.83 bits per heavy atom. The van der Waals surface area contributed by atoms with E-state index in [2.05, 4.69) is 6.07 Å². The van der Waals surface area contributed by atoms with Crippen molar-refractivity contribution in [1.82, 2.24) is 0 Å². The van der Waals surface area contributed by atoms with Crippen LogP contribution in [0.4, 0.5) is 0 Å². The van der Waals surface area contributed by atoms with Crippen LogP contribution < -0.4 is 15.2 Å². The zero-order chi connectivity index (χ0) is 13.0. The average molecular weight is 249 g/mol. The van der Waals surface area contributed by atoms with Crippen LogP contribution in [0.2, 0.25) is 0 Å². The summed E-state index contributed by atoms with van der Waals surface area (Å²) in [5.74, 6) is 1.70. The Balaban J connectivity index is 2.17. The summed E-state index contributed by atoms with van der Waals surface area (Å²) in [6.07, 6.45) is 6.92. The van der Waals surface area contributed by atoms with Gasteiger partial charge in [-0.05, 0) is 30.9 Å². The van der Waals surface area contributed by atoms with Gasteiger partial charge < -0.3 is 15.2 Å². The molecule has 3 heteroatoms. The molecule has 0 aliphatic heterocycles. The number of ether oxygens (including phenoxy) is 2. The van der Waals surface area contributed by atoms with Crippen LogP contribution in [0, 0.1) is 0 Å². The first-order chi connectivity index (χ1) is 8.67. The lowest BCUT2D eigenvalue weighted by molar-refractivity contribution is 0.290. The first kappa shape index (κ1) is 13.2. The van der Waals surface area contributed by atoms with Crippen molar-refractivity contribution in [3.8, 4) is 11.5 Å². The Bertz CT molecular complexity index is 397. The smallest absolute Gasteiger partial charge is 0.125 e. The van der Waals surface area contributed by atoms with Crippen molar-refractivity contribution in [1.29, 1.82) is 0 Å². The van der Waals surface area contributed by atoms with Gasteiger partial charge in [-0.25, -0.2) is 0 Å². The third-order valence-electron chi connectivity index (χ3n) is 3.89. The highest BCUT2D eigenvalue weighted by Gasteiger charge is 2.28. The monoisotopic (exact) mass is 249 g/mol. The van der Waals surface area contributed by atoms with Gasteiger partial charge in [-0.15, -0.1) is 0 Å². The first-order valence-corrected chi connectivity index (χ1v) is 6.67. The van der Waals surface area contributed by atoms with Crippen molar-refractivity contribution in [3.05, 3.63) is 23.8 Å². The van der Waals surface area contributed by atoms with Crippen LogP contribution in [0.3, 0.4) is 0 Å². The van der Waals surface area contributed by atoms with Crippen molar-refractivity contribution in [2.45, 2.75) is 44.1 Å². The molecular formula is C15H23NO2. The van der Waals surface area contributed by atoms with Crippen LogP contribution in [-0.4, -0.2) is 19.8 Å². The number of methoxy groups -OCH3 is 2. The lowest BCUT2D eigenvalue weighted by Gasteiger charge is -2.34. The largest absolute Gasteiger partial charge is 0.497 e. The van der Waals surface area contributed by atoms with Gasteiger partial charge in [-0.3, -0.25) is 0 Å². The van der Waals surface area contributed by atoms with E-state index >= 15 is 0 Å². The van der Waals surface area contributed by atoms with Gasteiger partial charge in [0, 0.05) is 11.6 Å². The molecule has 1 fully saturated rings. The van der Waals surface area contributed by atoms with Crippen molar-refractivity contribution < 1.29 is 9.47 Å².